The number of ketones is 1. The summed E-state index contributed by atoms with van der Waals surface area (Å²) in [4.78, 5) is 11.7. The zero-order valence-electron chi connectivity index (χ0n) is 9.30. The van der Waals surface area contributed by atoms with Gasteiger partial charge < -0.3 is 0 Å². The summed E-state index contributed by atoms with van der Waals surface area (Å²) in [7, 11) is 1.64. The highest BCUT2D eigenvalue weighted by atomic mass is 32.2. The Morgan fingerprint density at radius 1 is 1.39 bits per heavy atom. The van der Waals surface area contributed by atoms with Crippen LogP contribution in [0.1, 0.15) is 10.4 Å². The first-order chi connectivity index (χ1) is 8.58. The molecule has 0 aliphatic heterocycles. The van der Waals surface area contributed by atoms with E-state index in [2.05, 4.69) is 15.5 Å². The molecule has 1 aromatic carbocycles. The van der Waals surface area contributed by atoms with Crippen LogP contribution in [0.2, 0.25) is 0 Å². The molecule has 0 spiro atoms. The van der Waals surface area contributed by atoms with Crippen molar-refractivity contribution in [2.24, 2.45) is 7.05 Å². The fraction of sp³-hybridized carbons (Fsp3) is 0.200. The van der Waals surface area contributed by atoms with Crippen molar-refractivity contribution in [1.29, 1.82) is 0 Å². The molecule has 0 aliphatic rings. The monoisotopic (exact) mass is 270 g/mol. The summed E-state index contributed by atoms with van der Waals surface area (Å²) in [6.07, 6.45) is 0. The van der Waals surface area contributed by atoms with Crippen LogP contribution >= 0.6 is 11.8 Å². The molecular formula is C10H8F2N4OS. The van der Waals surface area contributed by atoms with Crippen LogP contribution in [0, 0.1) is 11.6 Å². The van der Waals surface area contributed by atoms with Crippen LogP contribution in [-0.4, -0.2) is 31.7 Å². The van der Waals surface area contributed by atoms with Crippen LogP contribution in [0.4, 0.5) is 8.78 Å². The first-order valence-electron chi connectivity index (χ1n) is 4.91. The van der Waals surface area contributed by atoms with Crippen molar-refractivity contribution in [2.45, 2.75) is 5.16 Å². The third-order valence-corrected chi connectivity index (χ3v) is 3.17. The van der Waals surface area contributed by atoms with E-state index in [9.17, 15) is 13.6 Å². The molecule has 0 bridgehead atoms. The Morgan fingerprint density at radius 3 is 2.78 bits per heavy atom. The van der Waals surface area contributed by atoms with Gasteiger partial charge in [0.2, 0.25) is 5.16 Å². The number of Topliss-reactive ketones (excluding diaryl/α,β-unsaturated/α-hetero) is 1. The van der Waals surface area contributed by atoms with Crippen LogP contribution in [0.3, 0.4) is 0 Å². The Morgan fingerprint density at radius 2 is 2.17 bits per heavy atom. The van der Waals surface area contributed by atoms with E-state index >= 15 is 0 Å². The van der Waals surface area contributed by atoms with Gasteiger partial charge in [-0.3, -0.25) is 4.79 Å². The normalized spacial score (nSPS) is 10.6. The predicted octanol–water partition coefficient (Wildman–Crippen LogP) is 1.46. The summed E-state index contributed by atoms with van der Waals surface area (Å²) < 4.78 is 27.1. The van der Waals surface area contributed by atoms with Crippen LogP contribution in [0.5, 0.6) is 0 Å². The highest BCUT2D eigenvalue weighted by Crippen LogP contribution is 2.16. The van der Waals surface area contributed by atoms with Crippen molar-refractivity contribution in [3.63, 3.8) is 0 Å². The van der Waals surface area contributed by atoms with Gasteiger partial charge in [0.1, 0.15) is 0 Å². The Kier molecular flexibility index (Phi) is 3.66. The minimum Gasteiger partial charge on any atom is -0.293 e. The molecule has 8 heteroatoms. The predicted molar refractivity (Wildman–Crippen MR) is 60.2 cm³/mol. The lowest BCUT2D eigenvalue weighted by atomic mass is 10.1. The van der Waals surface area contributed by atoms with E-state index in [-0.39, 0.29) is 17.1 Å². The Labute approximate surface area is 105 Å². The molecule has 5 nitrogen and oxygen atoms in total. The summed E-state index contributed by atoms with van der Waals surface area (Å²) >= 11 is 1.13. The molecule has 1 heterocycles. The molecule has 18 heavy (non-hydrogen) atoms. The Balaban J connectivity index is 2.04. The first-order valence-corrected chi connectivity index (χ1v) is 5.90. The molecule has 2 aromatic rings. The maximum Gasteiger partial charge on any atom is 0.209 e. The van der Waals surface area contributed by atoms with Crippen LogP contribution < -0.4 is 0 Å². The van der Waals surface area contributed by atoms with Gasteiger partial charge >= 0.3 is 0 Å². The number of carbonyl (C=O) groups excluding carboxylic acids is 1. The minimum atomic E-state index is -1.04. The number of rotatable bonds is 4. The largest absolute Gasteiger partial charge is 0.293 e. The molecule has 0 fully saturated rings. The van der Waals surface area contributed by atoms with Crippen molar-refractivity contribution in [3.05, 3.63) is 35.4 Å². The highest BCUT2D eigenvalue weighted by molar-refractivity contribution is 7.99. The van der Waals surface area contributed by atoms with E-state index in [1.165, 1.54) is 10.7 Å². The quantitative estimate of drug-likeness (QED) is 0.622. The Hall–Kier alpha value is -1.83. The zero-order valence-corrected chi connectivity index (χ0v) is 10.1. The number of nitrogens with zero attached hydrogens (tertiary/aromatic N) is 4. The van der Waals surface area contributed by atoms with Crippen molar-refractivity contribution in [3.8, 4) is 0 Å². The zero-order chi connectivity index (χ0) is 13.1. The number of halogens is 2. The van der Waals surface area contributed by atoms with Gasteiger partial charge in [0.05, 0.1) is 5.75 Å². The van der Waals surface area contributed by atoms with Crippen molar-refractivity contribution in [1.82, 2.24) is 20.2 Å². The van der Waals surface area contributed by atoms with Crippen molar-refractivity contribution < 1.29 is 13.6 Å². The van der Waals surface area contributed by atoms with Crippen molar-refractivity contribution >= 4 is 17.5 Å². The first kappa shape index (κ1) is 12.6. The molecular weight excluding hydrogens is 262 g/mol. The molecule has 0 radical (unpaired) electrons. The molecule has 0 saturated carbocycles. The number of aryl methyl sites for hydroxylation is 1. The lowest BCUT2D eigenvalue weighted by Crippen LogP contribution is -2.05. The van der Waals surface area contributed by atoms with Gasteiger partial charge in [-0.25, -0.2) is 13.5 Å². The fourth-order valence-corrected chi connectivity index (χ4v) is 1.97. The average Bonchev–Trinajstić information content (AvgIpc) is 2.75. The molecule has 0 N–H and O–H groups in total. The number of hydrogen-bond donors (Lipinski definition) is 0. The van der Waals surface area contributed by atoms with E-state index in [1.807, 2.05) is 0 Å². The van der Waals surface area contributed by atoms with Gasteiger partial charge in [-0.15, -0.1) is 5.10 Å². The number of hydrogen-bond acceptors (Lipinski definition) is 5. The fourth-order valence-electron chi connectivity index (χ4n) is 1.23. The second kappa shape index (κ2) is 5.21. The third kappa shape index (κ3) is 2.70. The number of aromatic nitrogens is 4. The maximum absolute atomic E-state index is 12.9. The lowest BCUT2D eigenvalue weighted by Gasteiger charge is -2.01. The average molecular weight is 270 g/mol. The van der Waals surface area contributed by atoms with E-state index in [4.69, 9.17) is 0 Å². The summed E-state index contributed by atoms with van der Waals surface area (Å²) in [5.74, 6) is -2.27. The van der Waals surface area contributed by atoms with E-state index in [1.54, 1.807) is 7.05 Å². The van der Waals surface area contributed by atoms with Crippen molar-refractivity contribution in [2.75, 3.05) is 5.75 Å². The highest BCUT2D eigenvalue weighted by Gasteiger charge is 2.12. The van der Waals surface area contributed by atoms with E-state index in [0.717, 1.165) is 23.9 Å². The molecule has 2 rings (SSSR count). The molecule has 1 aromatic heterocycles. The van der Waals surface area contributed by atoms with E-state index < -0.39 is 11.6 Å². The van der Waals surface area contributed by atoms with Gasteiger partial charge in [-0.2, -0.15) is 0 Å². The smallest absolute Gasteiger partial charge is 0.209 e. The molecule has 94 valence electrons. The molecule has 0 saturated heterocycles. The van der Waals surface area contributed by atoms with E-state index in [0.29, 0.717) is 5.16 Å². The lowest BCUT2D eigenvalue weighted by molar-refractivity contribution is 0.102. The minimum absolute atomic E-state index is 0.0548. The standard InChI is InChI=1S/C10H8F2N4OS/c1-16-10(13-14-15-16)18-5-9(17)6-2-3-7(11)8(12)4-6/h2-4H,5H2,1H3. The maximum atomic E-state index is 12.9. The van der Waals surface area contributed by atoms with Gasteiger partial charge in [0, 0.05) is 12.6 Å². The van der Waals surface area contributed by atoms with Crippen LogP contribution in [0.25, 0.3) is 0 Å². The van der Waals surface area contributed by atoms with Gasteiger partial charge in [0.15, 0.2) is 17.4 Å². The molecule has 0 amide bonds. The number of tetrazole rings is 1. The van der Waals surface area contributed by atoms with Crippen LogP contribution in [-0.2, 0) is 7.05 Å². The SMILES string of the molecule is Cn1nnnc1SCC(=O)c1ccc(F)c(F)c1. The number of benzene rings is 1. The summed E-state index contributed by atoms with van der Waals surface area (Å²) in [6, 6.07) is 3.06. The number of thioether (sulfide) groups is 1. The Bertz CT molecular complexity index is 587. The van der Waals surface area contributed by atoms with Gasteiger partial charge in [-0.1, -0.05) is 11.8 Å². The number of carbonyl (C=O) groups is 1. The summed E-state index contributed by atoms with van der Waals surface area (Å²) in [5.41, 5.74) is 0.122. The second-order valence-corrected chi connectivity index (χ2v) is 4.37. The van der Waals surface area contributed by atoms with Crippen LogP contribution in [0.15, 0.2) is 23.4 Å². The van der Waals surface area contributed by atoms with Gasteiger partial charge in [-0.05, 0) is 28.6 Å². The molecule has 0 aliphatic carbocycles. The third-order valence-electron chi connectivity index (χ3n) is 2.16. The summed E-state index contributed by atoms with van der Waals surface area (Å²) in [5, 5.41) is 11.2. The molecule has 0 atom stereocenters. The second-order valence-electron chi connectivity index (χ2n) is 3.43. The van der Waals surface area contributed by atoms with Gasteiger partial charge in [0.25, 0.3) is 0 Å². The summed E-state index contributed by atoms with van der Waals surface area (Å²) in [6.45, 7) is 0. The topological polar surface area (TPSA) is 60.7 Å². The molecule has 0 unspecified atom stereocenters.